The van der Waals surface area contributed by atoms with Crippen LogP contribution in [0.2, 0.25) is 0 Å². The lowest BCUT2D eigenvalue weighted by Gasteiger charge is -2.24. The van der Waals surface area contributed by atoms with E-state index in [1.165, 1.54) is 29.5 Å². The molecule has 6 heteroatoms. The summed E-state index contributed by atoms with van der Waals surface area (Å²) in [4.78, 5) is 22.2. The van der Waals surface area contributed by atoms with Crippen LogP contribution in [0.1, 0.15) is 40.1 Å². The fourth-order valence-electron chi connectivity index (χ4n) is 3.83. The molecule has 1 saturated heterocycles. The molecule has 132 valence electrons. The van der Waals surface area contributed by atoms with Crippen LogP contribution in [0.3, 0.4) is 0 Å². The first-order valence-electron chi connectivity index (χ1n) is 8.97. The van der Waals surface area contributed by atoms with Crippen LogP contribution in [-0.2, 0) is 12.8 Å². The molecule has 4 nitrogen and oxygen atoms in total. The van der Waals surface area contributed by atoms with Gasteiger partial charge in [-0.3, -0.25) is 9.78 Å². The molecule has 1 aliphatic carbocycles. The smallest absolute Gasteiger partial charge is 0.255 e. The molecule has 1 amide bonds. The summed E-state index contributed by atoms with van der Waals surface area (Å²) in [5, 5.41) is 2.05. The molecule has 0 atom stereocenters. The zero-order valence-corrected chi connectivity index (χ0v) is 15.0. The van der Waals surface area contributed by atoms with Crippen molar-refractivity contribution in [1.29, 1.82) is 0 Å². The molecule has 2 aromatic rings. The number of amides is 1. The van der Waals surface area contributed by atoms with Gasteiger partial charge in [0.15, 0.2) is 5.82 Å². The van der Waals surface area contributed by atoms with E-state index in [1.807, 2.05) is 15.2 Å². The zero-order chi connectivity index (χ0) is 17.2. The second-order valence-corrected chi connectivity index (χ2v) is 7.68. The number of anilines is 1. The van der Waals surface area contributed by atoms with Crippen LogP contribution in [0.4, 0.5) is 10.1 Å². The number of hydrogen-bond acceptors (Lipinski definition) is 4. The summed E-state index contributed by atoms with van der Waals surface area (Å²) in [6, 6.07) is 1.71. The molecule has 1 aliphatic heterocycles. The Morgan fingerprint density at radius 1 is 1.12 bits per heavy atom. The number of pyridine rings is 1. The van der Waals surface area contributed by atoms with Gasteiger partial charge in [-0.1, -0.05) is 0 Å². The van der Waals surface area contributed by atoms with E-state index in [0.29, 0.717) is 18.8 Å². The number of halogens is 1. The van der Waals surface area contributed by atoms with Crippen molar-refractivity contribution in [3.05, 3.63) is 45.7 Å². The molecule has 0 unspecified atom stereocenters. The van der Waals surface area contributed by atoms with Gasteiger partial charge in [-0.25, -0.2) is 4.39 Å². The Morgan fingerprint density at radius 3 is 2.88 bits per heavy atom. The zero-order valence-electron chi connectivity index (χ0n) is 14.2. The number of rotatable bonds is 2. The molecule has 0 bridgehead atoms. The fraction of sp³-hybridized carbons (Fsp3) is 0.474. The first-order valence-corrected chi connectivity index (χ1v) is 9.85. The molecule has 0 N–H and O–H groups in total. The van der Waals surface area contributed by atoms with Crippen LogP contribution in [0.15, 0.2) is 23.8 Å². The largest absolute Gasteiger partial charge is 0.367 e. The van der Waals surface area contributed by atoms with Gasteiger partial charge in [0, 0.05) is 42.6 Å². The average Bonchev–Trinajstić information content (AvgIpc) is 2.91. The highest BCUT2D eigenvalue weighted by Crippen LogP contribution is 2.31. The molecule has 1 fully saturated rings. The average molecular weight is 359 g/mol. The minimum Gasteiger partial charge on any atom is -0.367 e. The maximum Gasteiger partial charge on any atom is 0.255 e. The number of nitrogens with zero attached hydrogens (tertiary/aromatic N) is 3. The predicted molar refractivity (Wildman–Crippen MR) is 97.9 cm³/mol. The number of carbonyl (C=O) groups excluding carboxylic acids is 1. The van der Waals surface area contributed by atoms with Crippen molar-refractivity contribution >= 4 is 22.9 Å². The lowest BCUT2D eigenvalue weighted by atomic mass is 9.95. The summed E-state index contributed by atoms with van der Waals surface area (Å²) < 4.78 is 14.0. The lowest BCUT2D eigenvalue weighted by molar-refractivity contribution is 0.0766. The van der Waals surface area contributed by atoms with Crippen molar-refractivity contribution in [2.24, 2.45) is 0 Å². The normalized spacial score (nSPS) is 18.0. The Hall–Kier alpha value is -1.95. The van der Waals surface area contributed by atoms with Gasteiger partial charge >= 0.3 is 0 Å². The highest BCUT2D eigenvalue weighted by atomic mass is 32.1. The number of aromatic nitrogens is 1. The van der Waals surface area contributed by atoms with E-state index < -0.39 is 0 Å². The highest BCUT2D eigenvalue weighted by Gasteiger charge is 2.26. The topological polar surface area (TPSA) is 36.4 Å². The Balaban J connectivity index is 1.48. The van der Waals surface area contributed by atoms with Gasteiger partial charge in [0.1, 0.15) is 0 Å². The Kier molecular flexibility index (Phi) is 4.70. The minimum atomic E-state index is -0.297. The summed E-state index contributed by atoms with van der Waals surface area (Å²) in [5.41, 5.74) is 2.77. The van der Waals surface area contributed by atoms with Crippen molar-refractivity contribution < 1.29 is 9.18 Å². The van der Waals surface area contributed by atoms with Crippen LogP contribution in [0.5, 0.6) is 0 Å². The molecular formula is C19H22FN3OS. The standard InChI is InChI=1S/C19H22FN3OS/c20-16-12-21-7-6-17(16)22-8-3-9-23(11-10-22)19(24)15-13-25-18-5-2-1-4-14(15)18/h6-7,12-13H,1-5,8-11H2. The number of fused-ring (bicyclic) bond motifs is 1. The van der Waals surface area contributed by atoms with E-state index in [-0.39, 0.29) is 11.7 Å². The molecule has 25 heavy (non-hydrogen) atoms. The minimum absolute atomic E-state index is 0.149. The van der Waals surface area contributed by atoms with Crippen molar-refractivity contribution in [3.8, 4) is 0 Å². The molecular weight excluding hydrogens is 337 g/mol. The van der Waals surface area contributed by atoms with E-state index in [2.05, 4.69) is 4.98 Å². The summed E-state index contributed by atoms with van der Waals surface area (Å²) in [6.07, 6.45) is 8.27. The van der Waals surface area contributed by atoms with Gasteiger partial charge in [0.2, 0.25) is 0 Å². The molecule has 0 aromatic carbocycles. The summed E-state index contributed by atoms with van der Waals surface area (Å²) in [5.74, 6) is -0.148. The fourth-order valence-corrected chi connectivity index (χ4v) is 4.95. The van der Waals surface area contributed by atoms with Crippen LogP contribution in [0.25, 0.3) is 0 Å². The third-order valence-corrected chi connectivity index (χ3v) is 6.26. The number of hydrogen-bond donors (Lipinski definition) is 0. The maximum absolute atomic E-state index is 14.0. The molecule has 2 aromatic heterocycles. The molecule has 0 spiro atoms. The van der Waals surface area contributed by atoms with Crippen molar-refractivity contribution in [3.63, 3.8) is 0 Å². The third kappa shape index (κ3) is 3.27. The quantitative estimate of drug-likeness (QED) is 0.823. The van der Waals surface area contributed by atoms with Crippen LogP contribution in [0, 0.1) is 5.82 Å². The molecule has 3 heterocycles. The van der Waals surface area contributed by atoms with E-state index >= 15 is 0 Å². The first kappa shape index (κ1) is 16.5. The van der Waals surface area contributed by atoms with E-state index in [1.54, 1.807) is 23.6 Å². The monoisotopic (exact) mass is 359 g/mol. The second kappa shape index (κ2) is 7.12. The van der Waals surface area contributed by atoms with Gasteiger partial charge in [-0.2, -0.15) is 0 Å². The maximum atomic E-state index is 14.0. The van der Waals surface area contributed by atoms with Gasteiger partial charge < -0.3 is 9.80 Å². The van der Waals surface area contributed by atoms with Gasteiger partial charge in [0.25, 0.3) is 5.91 Å². The summed E-state index contributed by atoms with van der Waals surface area (Å²) >= 11 is 1.73. The summed E-state index contributed by atoms with van der Waals surface area (Å²) in [6.45, 7) is 2.77. The Morgan fingerprint density at radius 2 is 2.00 bits per heavy atom. The number of carbonyl (C=O) groups is 1. The van der Waals surface area contributed by atoms with Crippen molar-refractivity contribution in [2.45, 2.75) is 32.1 Å². The third-order valence-electron chi connectivity index (χ3n) is 5.17. The van der Waals surface area contributed by atoms with Gasteiger partial charge in [0.05, 0.1) is 17.4 Å². The van der Waals surface area contributed by atoms with Crippen molar-refractivity contribution in [1.82, 2.24) is 9.88 Å². The Labute approximate surface area is 151 Å². The second-order valence-electron chi connectivity index (χ2n) is 6.72. The van der Waals surface area contributed by atoms with Gasteiger partial charge in [-0.15, -0.1) is 11.3 Å². The van der Waals surface area contributed by atoms with E-state index in [4.69, 9.17) is 0 Å². The van der Waals surface area contributed by atoms with E-state index in [0.717, 1.165) is 37.9 Å². The lowest BCUT2D eigenvalue weighted by Crippen LogP contribution is -2.35. The Bertz CT molecular complexity index is 776. The number of aryl methyl sites for hydroxylation is 1. The molecule has 0 radical (unpaired) electrons. The molecule has 2 aliphatic rings. The highest BCUT2D eigenvalue weighted by molar-refractivity contribution is 7.10. The van der Waals surface area contributed by atoms with E-state index in [9.17, 15) is 9.18 Å². The summed E-state index contributed by atoms with van der Waals surface area (Å²) in [7, 11) is 0. The SMILES string of the molecule is O=C(c1csc2c1CCCC2)N1CCCN(c2ccncc2F)CC1. The van der Waals surface area contributed by atoms with Crippen molar-refractivity contribution in [2.75, 3.05) is 31.1 Å². The molecule has 4 rings (SSSR count). The number of thiophene rings is 1. The predicted octanol–water partition coefficient (Wildman–Crippen LogP) is 3.51. The van der Waals surface area contributed by atoms with Crippen LogP contribution >= 0.6 is 11.3 Å². The first-order chi connectivity index (χ1) is 12.2. The van der Waals surface area contributed by atoms with Crippen LogP contribution in [-0.4, -0.2) is 42.0 Å². The van der Waals surface area contributed by atoms with Crippen LogP contribution < -0.4 is 4.90 Å². The molecule has 0 saturated carbocycles. The van der Waals surface area contributed by atoms with Gasteiger partial charge in [-0.05, 0) is 43.7 Å².